The molecule has 6 heteroatoms. The number of aromatic nitrogens is 2. The average Bonchev–Trinajstić information content (AvgIpc) is 2.45. The van der Waals surface area contributed by atoms with Crippen LogP contribution in [0.25, 0.3) is 0 Å². The van der Waals surface area contributed by atoms with E-state index in [4.69, 9.17) is 10.8 Å². The molecule has 0 fully saturated rings. The molecule has 13 heavy (non-hydrogen) atoms. The van der Waals surface area contributed by atoms with E-state index in [1.54, 1.807) is 0 Å². The fourth-order valence-electron chi connectivity index (χ4n) is 0.975. The van der Waals surface area contributed by atoms with Crippen molar-refractivity contribution in [2.24, 2.45) is 5.73 Å². The first-order valence-electron chi connectivity index (χ1n) is 3.74. The van der Waals surface area contributed by atoms with Crippen molar-refractivity contribution >= 4 is 28.6 Å². The van der Waals surface area contributed by atoms with Crippen LogP contribution in [0, 0.1) is 3.57 Å². The van der Waals surface area contributed by atoms with Crippen molar-refractivity contribution in [1.82, 2.24) is 9.78 Å². The van der Waals surface area contributed by atoms with Crippen LogP contribution >= 0.6 is 22.6 Å². The molecule has 1 heterocycles. The second-order valence-electron chi connectivity index (χ2n) is 2.68. The zero-order valence-corrected chi connectivity index (χ0v) is 9.22. The fraction of sp³-hybridized carbons (Fsp3) is 0.429. The minimum Gasteiger partial charge on any atom is -0.476 e. The Morgan fingerprint density at radius 2 is 2.54 bits per heavy atom. The summed E-state index contributed by atoms with van der Waals surface area (Å²) in [5.74, 6) is -0.970. The predicted molar refractivity (Wildman–Crippen MR) is 55.7 cm³/mol. The van der Waals surface area contributed by atoms with Crippen molar-refractivity contribution in [3.63, 3.8) is 0 Å². The van der Waals surface area contributed by atoms with Crippen molar-refractivity contribution < 1.29 is 9.90 Å². The summed E-state index contributed by atoms with van der Waals surface area (Å²) in [6.45, 7) is 2.20. The van der Waals surface area contributed by atoms with Crippen molar-refractivity contribution in [3.8, 4) is 0 Å². The van der Waals surface area contributed by atoms with E-state index >= 15 is 0 Å². The van der Waals surface area contributed by atoms with E-state index in [0.717, 1.165) is 0 Å². The topological polar surface area (TPSA) is 81.1 Å². The van der Waals surface area contributed by atoms with Crippen LogP contribution in [0.5, 0.6) is 0 Å². The maximum absolute atomic E-state index is 10.8. The summed E-state index contributed by atoms with van der Waals surface area (Å²) >= 11 is 1.94. The highest BCUT2D eigenvalue weighted by atomic mass is 127. The number of nitrogens with two attached hydrogens (primary N) is 1. The summed E-state index contributed by atoms with van der Waals surface area (Å²) in [7, 11) is 0. The van der Waals surface area contributed by atoms with E-state index in [-0.39, 0.29) is 11.7 Å². The Hall–Kier alpha value is -0.630. The number of aromatic carboxylic acids is 1. The van der Waals surface area contributed by atoms with Crippen LogP contribution in [-0.2, 0) is 0 Å². The van der Waals surface area contributed by atoms with Gasteiger partial charge in [-0.1, -0.05) is 0 Å². The lowest BCUT2D eigenvalue weighted by molar-refractivity contribution is 0.0679. The Morgan fingerprint density at radius 3 is 3.00 bits per heavy atom. The first-order chi connectivity index (χ1) is 6.07. The molecule has 0 radical (unpaired) electrons. The molecular weight excluding hydrogens is 285 g/mol. The highest BCUT2D eigenvalue weighted by molar-refractivity contribution is 14.1. The number of carboxylic acid groups (broad SMARTS) is 1. The zero-order valence-electron chi connectivity index (χ0n) is 7.07. The Kier molecular flexibility index (Phi) is 3.26. The first-order valence-corrected chi connectivity index (χ1v) is 4.82. The molecule has 0 saturated heterocycles. The molecule has 1 rings (SSSR count). The van der Waals surface area contributed by atoms with E-state index in [9.17, 15) is 4.79 Å². The first kappa shape index (κ1) is 10.5. The molecule has 1 unspecified atom stereocenters. The van der Waals surface area contributed by atoms with Crippen LogP contribution in [0.2, 0.25) is 0 Å². The fourth-order valence-corrected chi connectivity index (χ4v) is 1.58. The number of rotatable bonds is 3. The molecule has 72 valence electrons. The lowest BCUT2D eigenvalue weighted by Gasteiger charge is -2.10. The molecule has 1 aromatic rings. The molecule has 0 aliphatic heterocycles. The Balaban J connectivity index is 3.14. The smallest absolute Gasteiger partial charge is 0.355 e. The van der Waals surface area contributed by atoms with E-state index < -0.39 is 5.97 Å². The normalized spacial score (nSPS) is 12.8. The molecule has 0 bridgehead atoms. The van der Waals surface area contributed by atoms with Gasteiger partial charge in [0.15, 0.2) is 5.69 Å². The summed E-state index contributed by atoms with van der Waals surface area (Å²) in [5.41, 5.74) is 5.63. The largest absolute Gasteiger partial charge is 0.476 e. The van der Waals surface area contributed by atoms with Gasteiger partial charge in [0.1, 0.15) is 0 Å². The van der Waals surface area contributed by atoms with E-state index in [2.05, 4.69) is 5.10 Å². The molecule has 3 N–H and O–H groups in total. The highest BCUT2D eigenvalue weighted by Gasteiger charge is 2.18. The number of hydrogen-bond acceptors (Lipinski definition) is 3. The van der Waals surface area contributed by atoms with Gasteiger partial charge in [-0.15, -0.1) is 0 Å². The maximum atomic E-state index is 10.8. The summed E-state index contributed by atoms with van der Waals surface area (Å²) in [6.07, 6.45) is 1.52. The van der Waals surface area contributed by atoms with Crippen LogP contribution in [0.4, 0.5) is 0 Å². The van der Waals surface area contributed by atoms with Gasteiger partial charge in [0, 0.05) is 6.54 Å². The Morgan fingerprint density at radius 1 is 1.92 bits per heavy atom. The number of carboxylic acids is 1. The molecule has 0 aromatic carbocycles. The summed E-state index contributed by atoms with van der Waals surface area (Å²) < 4.78 is 2.06. The number of hydrogen-bond donors (Lipinski definition) is 2. The number of halogens is 1. The van der Waals surface area contributed by atoms with Gasteiger partial charge >= 0.3 is 5.97 Å². The maximum Gasteiger partial charge on any atom is 0.355 e. The molecule has 0 aliphatic carbocycles. The van der Waals surface area contributed by atoms with Crippen molar-refractivity contribution in [2.45, 2.75) is 13.0 Å². The summed E-state index contributed by atoms with van der Waals surface area (Å²) in [4.78, 5) is 10.8. The lowest BCUT2D eigenvalue weighted by atomic mass is 10.3. The van der Waals surface area contributed by atoms with E-state index in [1.165, 1.54) is 10.9 Å². The quantitative estimate of drug-likeness (QED) is 0.805. The molecular formula is C7H10IN3O2. The monoisotopic (exact) mass is 295 g/mol. The Bertz CT molecular complexity index is 324. The van der Waals surface area contributed by atoms with Gasteiger partial charge in [-0.25, -0.2) is 4.79 Å². The minimum absolute atomic E-state index is 0.0883. The highest BCUT2D eigenvalue weighted by Crippen LogP contribution is 2.15. The van der Waals surface area contributed by atoms with Gasteiger partial charge in [0.05, 0.1) is 15.8 Å². The van der Waals surface area contributed by atoms with Crippen LogP contribution in [-0.4, -0.2) is 27.4 Å². The second kappa shape index (κ2) is 4.05. The average molecular weight is 295 g/mol. The third-order valence-corrected chi connectivity index (χ3v) is 2.50. The molecule has 0 aliphatic rings. The van der Waals surface area contributed by atoms with E-state index in [0.29, 0.717) is 10.1 Å². The lowest BCUT2D eigenvalue weighted by Crippen LogP contribution is -2.21. The van der Waals surface area contributed by atoms with Crippen LogP contribution in [0.3, 0.4) is 0 Å². The molecule has 1 atom stereocenters. The van der Waals surface area contributed by atoms with Gasteiger partial charge in [0.25, 0.3) is 0 Å². The third-order valence-electron chi connectivity index (χ3n) is 1.71. The summed E-state index contributed by atoms with van der Waals surface area (Å²) in [6, 6.07) is -0.0883. The van der Waals surface area contributed by atoms with Crippen LogP contribution < -0.4 is 5.73 Å². The number of nitrogens with zero attached hydrogens (tertiary/aromatic N) is 2. The van der Waals surface area contributed by atoms with Crippen molar-refractivity contribution in [2.75, 3.05) is 6.54 Å². The van der Waals surface area contributed by atoms with Crippen LogP contribution in [0.1, 0.15) is 23.5 Å². The zero-order chi connectivity index (χ0) is 10.0. The summed E-state index contributed by atoms with van der Waals surface area (Å²) in [5, 5.41) is 12.8. The SMILES string of the molecule is CC(CN)n1ncc(I)c1C(=O)O. The standard InChI is InChI=1S/C7H10IN3O2/c1-4(2-9)11-6(7(12)13)5(8)3-10-11/h3-4H,2,9H2,1H3,(H,12,13). The minimum atomic E-state index is -0.970. The predicted octanol–water partition coefficient (Wildman–Crippen LogP) is 0.706. The molecule has 0 saturated carbocycles. The van der Waals surface area contributed by atoms with Gasteiger partial charge in [-0.3, -0.25) is 4.68 Å². The second-order valence-corrected chi connectivity index (χ2v) is 3.84. The van der Waals surface area contributed by atoms with E-state index in [1.807, 2.05) is 29.5 Å². The number of carbonyl (C=O) groups is 1. The van der Waals surface area contributed by atoms with Gasteiger partial charge in [0.2, 0.25) is 0 Å². The van der Waals surface area contributed by atoms with Crippen molar-refractivity contribution in [1.29, 1.82) is 0 Å². The van der Waals surface area contributed by atoms with Crippen molar-refractivity contribution in [3.05, 3.63) is 15.5 Å². The van der Waals surface area contributed by atoms with Gasteiger partial charge in [-0.05, 0) is 29.5 Å². The molecule has 1 aromatic heterocycles. The van der Waals surface area contributed by atoms with Crippen LogP contribution in [0.15, 0.2) is 6.20 Å². The Labute approximate surface area is 89.1 Å². The van der Waals surface area contributed by atoms with Gasteiger partial charge < -0.3 is 10.8 Å². The molecule has 0 amide bonds. The molecule has 5 nitrogen and oxygen atoms in total. The third kappa shape index (κ3) is 1.99. The molecule has 0 spiro atoms. The van der Waals surface area contributed by atoms with Gasteiger partial charge in [-0.2, -0.15) is 5.10 Å².